The summed E-state index contributed by atoms with van der Waals surface area (Å²) in [6, 6.07) is 12.2. The van der Waals surface area contributed by atoms with Crippen LogP contribution in [0.2, 0.25) is 0 Å². The van der Waals surface area contributed by atoms with Crippen molar-refractivity contribution in [2.45, 2.75) is 17.9 Å². The van der Waals surface area contributed by atoms with E-state index < -0.39 is 10.0 Å². The summed E-state index contributed by atoms with van der Waals surface area (Å²) >= 11 is 0. The minimum Gasteiger partial charge on any atom is -0.459 e. The van der Waals surface area contributed by atoms with E-state index in [1.165, 1.54) is 18.3 Å². The Bertz CT molecular complexity index is 885. The summed E-state index contributed by atoms with van der Waals surface area (Å²) in [5.41, 5.74) is 0.777. The Labute approximate surface area is 128 Å². The number of primary sulfonamides is 1. The van der Waals surface area contributed by atoms with Gasteiger partial charge in [-0.05, 0) is 31.2 Å². The predicted octanol–water partition coefficient (Wildman–Crippen LogP) is 2.65. The molecule has 0 aliphatic rings. The van der Waals surface area contributed by atoms with Gasteiger partial charge in [-0.3, -0.25) is 0 Å². The third-order valence-corrected chi connectivity index (χ3v) is 4.24. The fraction of sp³-hybridized carbons (Fsp3) is 0.133. The van der Waals surface area contributed by atoms with E-state index in [9.17, 15) is 8.42 Å². The molecule has 114 valence electrons. The van der Waals surface area contributed by atoms with Gasteiger partial charge in [0.15, 0.2) is 0 Å². The Morgan fingerprint density at radius 3 is 2.73 bits per heavy atom. The Morgan fingerprint density at radius 1 is 1.23 bits per heavy atom. The van der Waals surface area contributed by atoms with Crippen molar-refractivity contribution in [2.75, 3.05) is 5.32 Å². The van der Waals surface area contributed by atoms with Crippen molar-refractivity contribution in [1.29, 1.82) is 0 Å². The summed E-state index contributed by atoms with van der Waals surface area (Å²) in [5, 5.41) is 9.22. The van der Waals surface area contributed by atoms with E-state index in [4.69, 9.17) is 9.56 Å². The molecule has 0 saturated carbocycles. The Morgan fingerprint density at radius 2 is 2.00 bits per heavy atom. The lowest BCUT2D eigenvalue weighted by atomic mass is 10.2. The number of hydrogen-bond donors (Lipinski definition) is 2. The van der Waals surface area contributed by atoms with Crippen LogP contribution in [-0.4, -0.2) is 13.4 Å². The first-order chi connectivity index (χ1) is 10.4. The zero-order valence-electron chi connectivity index (χ0n) is 11.9. The van der Waals surface area contributed by atoms with Crippen LogP contribution in [-0.2, 0) is 10.0 Å². The summed E-state index contributed by atoms with van der Waals surface area (Å²) in [7, 11) is -3.84. The third-order valence-electron chi connectivity index (χ3n) is 3.30. The highest BCUT2D eigenvalue weighted by molar-refractivity contribution is 7.89. The molecule has 0 saturated heterocycles. The highest BCUT2D eigenvalue weighted by Crippen LogP contribution is 2.27. The van der Waals surface area contributed by atoms with Gasteiger partial charge in [0.1, 0.15) is 22.1 Å². The highest BCUT2D eigenvalue weighted by Gasteiger charge is 2.18. The van der Waals surface area contributed by atoms with E-state index in [1.54, 1.807) is 0 Å². The molecule has 0 bridgehead atoms. The zero-order chi connectivity index (χ0) is 15.7. The number of rotatable bonds is 4. The number of nitrogens with zero attached hydrogens (tertiary/aromatic N) is 1. The van der Waals surface area contributed by atoms with Crippen molar-refractivity contribution in [3.8, 4) is 0 Å². The van der Waals surface area contributed by atoms with Crippen LogP contribution in [0.25, 0.3) is 11.0 Å². The Hall–Kier alpha value is -2.38. The number of anilines is 1. The van der Waals surface area contributed by atoms with Crippen molar-refractivity contribution < 1.29 is 12.8 Å². The fourth-order valence-electron chi connectivity index (χ4n) is 2.22. The normalized spacial score (nSPS) is 13.2. The van der Waals surface area contributed by atoms with Crippen LogP contribution in [0.15, 0.2) is 58.0 Å². The van der Waals surface area contributed by atoms with Crippen LogP contribution in [0.3, 0.4) is 0 Å². The first kappa shape index (κ1) is 14.6. The van der Waals surface area contributed by atoms with Gasteiger partial charge in [-0.25, -0.2) is 18.5 Å². The summed E-state index contributed by atoms with van der Waals surface area (Å²) < 4.78 is 28.9. The van der Waals surface area contributed by atoms with Crippen molar-refractivity contribution >= 4 is 26.8 Å². The zero-order valence-corrected chi connectivity index (χ0v) is 12.7. The summed E-state index contributed by atoms with van der Waals surface area (Å²) in [6.07, 6.45) is 1.50. The number of para-hydroxylation sites is 1. The van der Waals surface area contributed by atoms with Crippen LogP contribution >= 0.6 is 0 Å². The van der Waals surface area contributed by atoms with E-state index in [0.29, 0.717) is 5.76 Å². The molecular weight excluding hydrogens is 302 g/mol. The molecule has 0 aliphatic heterocycles. The van der Waals surface area contributed by atoms with E-state index in [-0.39, 0.29) is 16.8 Å². The summed E-state index contributed by atoms with van der Waals surface area (Å²) in [5.74, 6) is 0.894. The first-order valence-corrected chi connectivity index (χ1v) is 8.22. The number of hydrogen-bond acceptors (Lipinski definition) is 5. The average molecular weight is 317 g/mol. The second kappa shape index (κ2) is 5.43. The molecule has 1 aromatic carbocycles. The van der Waals surface area contributed by atoms with Crippen molar-refractivity contribution in [2.24, 2.45) is 5.14 Å². The maximum Gasteiger partial charge on any atom is 0.241 e. The molecule has 3 N–H and O–H groups in total. The molecule has 0 aliphatic carbocycles. The molecule has 0 spiro atoms. The Kier molecular flexibility index (Phi) is 3.59. The molecule has 0 radical (unpaired) electrons. The number of sulfonamides is 1. The number of nitrogens with one attached hydrogen (secondary N) is 1. The SMILES string of the molecule is C[C@@H](Nc1ncccc1S(N)(=O)=O)c1cc2ccccc2o1. The highest BCUT2D eigenvalue weighted by atomic mass is 32.2. The molecule has 0 unspecified atom stereocenters. The minimum atomic E-state index is -3.84. The van der Waals surface area contributed by atoms with Crippen LogP contribution in [0.4, 0.5) is 5.82 Å². The molecule has 7 heteroatoms. The molecule has 6 nitrogen and oxygen atoms in total. The standard InChI is InChI=1S/C15H15N3O3S/c1-10(13-9-11-5-2-3-6-12(11)21-13)18-15-14(22(16,19)20)7-4-8-17-15/h2-10H,1H3,(H,17,18)(H2,16,19,20)/t10-/m1/s1. The molecule has 1 atom stereocenters. The summed E-state index contributed by atoms with van der Waals surface area (Å²) in [4.78, 5) is 4.01. The third kappa shape index (κ3) is 2.81. The van der Waals surface area contributed by atoms with E-state index in [1.807, 2.05) is 37.3 Å². The Balaban J connectivity index is 1.93. The first-order valence-electron chi connectivity index (χ1n) is 6.68. The molecule has 3 rings (SSSR count). The van der Waals surface area contributed by atoms with E-state index in [2.05, 4.69) is 10.3 Å². The van der Waals surface area contributed by atoms with Crippen LogP contribution in [0, 0.1) is 0 Å². The maximum atomic E-state index is 11.6. The smallest absolute Gasteiger partial charge is 0.241 e. The molecular formula is C15H15N3O3S. The second-order valence-corrected chi connectivity index (χ2v) is 6.48. The lowest BCUT2D eigenvalue weighted by Gasteiger charge is -2.14. The second-order valence-electron chi connectivity index (χ2n) is 4.95. The quantitative estimate of drug-likeness (QED) is 0.771. The van der Waals surface area contributed by atoms with Gasteiger partial charge in [-0.1, -0.05) is 18.2 Å². The van der Waals surface area contributed by atoms with Gasteiger partial charge in [0, 0.05) is 11.6 Å². The minimum absolute atomic E-state index is 0.0436. The van der Waals surface area contributed by atoms with Crippen LogP contribution < -0.4 is 10.5 Å². The summed E-state index contributed by atoms with van der Waals surface area (Å²) in [6.45, 7) is 1.86. The predicted molar refractivity (Wildman–Crippen MR) is 83.9 cm³/mol. The van der Waals surface area contributed by atoms with Gasteiger partial charge in [0.05, 0.1) is 6.04 Å². The molecule has 0 amide bonds. The van der Waals surface area contributed by atoms with E-state index in [0.717, 1.165) is 11.0 Å². The van der Waals surface area contributed by atoms with Crippen molar-refractivity contribution in [3.63, 3.8) is 0 Å². The monoisotopic (exact) mass is 317 g/mol. The molecule has 2 heterocycles. The average Bonchev–Trinajstić information content (AvgIpc) is 2.90. The van der Waals surface area contributed by atoms with Crippen molar-refractivity contribution in [3.05, 3.63) is 54.4 Å². The lowest BCUT2D eigenvalue weighted by molar-refractivity contribution is 0.525. The van der Waals surface area contributed by atoms with Gasteiger partial charge in [-0.15, -0.1) is 0 Å². The number of fused-ring (bicyclic) bond motifs is 1. The molecule has 22 heavy (non-hydrogen) atoms. The van der Waals surface area contributed by atoms with Gasteiger partial charge < -0.3 is 9.73 Å². The van der Waals surface area contributed by atoms with Gasteiger partial charge >= 0.3 is 0 Å². The van der Waals surface area contributed by atoms with Crippen molar-refractivity contribution in [1.82, 2.24) is 4.98 Å². The van der Waals surface area contributed by atoms with Gasteiger partial charge in [0.25, 0.3) is 0 Å². The largest absolute Gasteiger partial charge is 0.459 e. The number of furan rings is 1. The number of aromatic nitrogens is 1. The fourth-order valence-corrected chi connectivity index (χ4v) is 2.87. The van der Waals surface area contributed by atoms with E-state index >= 15 is 0 Å². The van der Waals surface area contributed by atoms with Crippen LogP contribution in [0.1, 0.15) is 18.7 Å². The number of benzene rings is 1. The van der Waals surface area contributed by atoms with Gasteiger partial charge in [0.2, 0.25) is 10.0 Å². The lowest BCUT2D eigenvalue weighted by Crippen LogP contribution is -2.17. The molecule has 0 fully saturated rings. The molecule has 2 aromatic heterocycles. The van der Waals surface area contributed by atoms with Crippen LogP contribution in [0.5, 0.6) is 0 Å². The maximum absolute atomic E-state index is 11.6. The van der Waals surface area contributed by atoms with Gasteiger partial charge in [-0.2, -0.15) is 0 Å². The number of pyridine rings is 1. The molecule has 3 aromatic rings. The number of nitrogens with two attached hydrogens (primary N) is 1. The topological polar surface area (TPSA) is 98.2 Å².